The van der Waals surface area contributed by atoms with E-state index < -0.39 is 0 Å². The zero-order valence-electron chi connectivity index (χ0n) is 8.54. The number of rotatable bonds is 4. The third-order valence-corrected chi connectivity index (χ3v) is 1.76. The van der Waals surface area contributed by atoms with E-state index in [0.29, 0.717) is 13.0 Å². The van der Waals surface area contributed by atoms with Gasteiger partial charge in [0.15, 0.2) is 0 Å². The molecule has 78 valence electrons. The van der Waals surface area contributed by atoms with Crippen LogP contribution in [0.2, 0.25) is 0 Å². The molecule has 0 spiro atoms. The first-order valence-electron chi connectivity index (χ1n) is 4.65. The molecule has 4 heteroatoms. The summed E-state index contributed by atoms with van der Waals surface area (Å²) in [6.45, 7) is 4.10. The molecule has 0 saturated heterocycles. The lowest BCUT2D eigenvalue weighted by Crippen LogP contribution is -2.29. The Hall–Kier alpha value is -1.29. The fraction of sp³-hybridized carbons (Fsp3) is 0.500. The van der Waals surface area contributed by atoms with Crippen LogP contribution in [0.15, 0.2) is 16.5 Å². The second-order valence-corrected chi connectivity index (χ2v) is 3.47. The number of furan rings is 1. The minimum atomic E-state index is -0.103. The molecule has 1 atom stereocenters. The summed E-state index contributed by atoms with van der Waals surface area (Å²) in [4.78, 5) is 11.2. The minimum Gasteiger partial charge on any atom is -0.465 e. The van der Waals surface area contributed by atoms with E-state index in [1.807, 2.05) is 19.1 Å². The monoisotopic (exact) mass is 196 g/mol. The molecule has 1 amide bonds. The van der Waals surface area contributed by atoms with Crippen molar-refractivity contribution in [1.29, 1.82) is 0 Å². The number of carbonyl (C=O) groups is 1. The van der Waals surface area contributed by atoms with E-state index in [0.717, 1.165) is 11.5 Å². The van der Waals surface area contributed by atoms with Crippen molar-refractivity contribution in [1.82, 2.24) is 5.32 Å². The first kappa shape index (κ1) is 10.8. The highest BCUT2D eigenvalue weighted by atomic mass is 16.3. The molecule has 0 fully saturated rings. The summed E-state index contributed by atoms with van der Waals surface area (Å²) in [5, 5.41) is 2.73. The predicted molar refractivity (Wildman–Crippen MR) is 53.6 cm³/mol. The van der Waals surface area contributed by atoms with Gasteiger partial charge in [0.25, 0.3) is 0 Å². The van der Waals surface area contributed by atoms with Gasteiger partial charge in [-0.3, -0.25) is 4.79 Å². The van der Waals surface area contributed by atoms with Crippen LogP contribution in [0.25, 0.3) is 0 Å². The van der Waals surface area contributed by atoms with Crippen LogP contribution >= 0.6 is 0 Å². The third-order valence-electron chi connectivity index (χ3n) is 1.76. The van der Waals surface area contributed by atoms with Gasteiger partial charge in [-0.25, -0.2) is 0 Å². The Morgan fingerprint density at radius 1 is 1.64 bits per heavy atom. The van der Waals surface area contributed by atoms with Gasteiger partial charge >= 0.3 is 0 Å². The SMILES string of the molecule is Cc1ccc(CNC(=O)CC(C)N)o1. The Morgan fingerprint density at radius 3 is 2.86 bits per heavy atom. The topological polar surface area (TPSA) is 68.3 Å². The van der Waals surface area contributed by atoms with E-state index in [-0.39, 0.29) is 11.9 Å². The van der Waals surface area contributed by atoms with Gasteiger partial charge in [0.2, 0.25) is 5.91 Å². The van der Waals surface area contributed by atoms with Crippen molar-refractivity contribution in [3.63, 3.8) is 0 Å². The molecule has 0 radical (unpaired) electrons. The summed E-state index contributed by atoms with van der Waals surface area (Å²) in [6, 6.07) is 3.61. The number of amides is 1. The Balaban J connectivity index is 2.30. The molecule has 0 bridgehead atoms. The number of hydrogen-bond donors (Lipinski definition) is 2. The van der Waals surface area contributed by atoms with Crippen LogP contribution in [0, 0.1) is 6.92 Å². The maximum Gasteiger partial charge on any atom is 0.221 e. The molecule has 0 saturated carbocycles. The molecule has 1 unspecified atom stereocenters. The van der Waals surface area contributed by atoms with Crippen LogP contribution in [0.4, 0.5) is 0 Å². The highest BCUT2D eigenvalue weighted by Gasteiger charge is 2.05. The van der Waals surface area contributed by atoms with E-state index in [1.165, 1.54) is 0 Å². The van der Waals surface area contributed by atoms with Crippen molar-refractivity contribution < 1.29 is 9.21 Å². The first-order valence-corrected chi connectivity index (χ1v) is 4.65. The highest BCUT2D eigenvalue weighted by molar-refractivity contribution is 5.76. The van der Waals surface area contributed by atoms with Gasteiger partial charge in [-0.1, -0.05) is 0 Å². The molecule has 0 aliphatic rings. The van der Waals surface area contributed by atoms with E-state index in [2.05, 4.69) is 5.32 Å². The maximum atomic E-state index is 11.2. The quantitative estimate of drug-likeness (QED) is 0.753. The largest absolute Gasteiger partial charge is 0.465 e. The van der Waals surface area contributed by atoms with Gasteiger partial charge in [0.1, 0.15) is 11.5 Å². The zero-order chi connectivity index (χ0) is 10.6. The summed E-state index contributed by atoms with van der Waals surface area (Å²) < 4.78 is 5.29. The van der Waals surface area contributed by atoms with Gasteiger partial charge in [-0.05, 0) is 26.0 Å². The second kappa shape index (κ2) is 4.81. The summed E-state index contributed by atoms with van der Waals surface area (Å²) >= 11 is 0. The zero-order valence-corrected chi connectivity index (χ0v) is 8.54. The molecule has 0 aliphatic carbocycles. The fourth-order valence-corrected chi connectivity index (χ4v) is 1.13. The number of nitrogens with two attached hydrogens (primary N) is 1. The summed E-state index contributed by atoms with van der Waals surface area (Å²) in [6.07, 6.45) is 0.347. The lowest BCUT2D eigenvalue weighted by molar-refractivity contribution is -0.121. The second-order valence-electron chi connectivity index (χ2n) is 3.47. The van der Waals surface area contributed by atoms with Crippen molar-refractivity contribution in [2.45, 2.75) is 32.9 Å². The maximum absolute atomic E-state index is 11.2. The molecular weight excluding hydrogens is 180 g/mol. The standard InChI is InChI=1S/C10H16N2O2/c1-7(11)5-10(13)12-6-9-4-3-8(2)14-9/h3-4,7H,5-6,11H2,1-2H3,(H,12,13). The van der Waals surface area contributed by atoms with Crippen molar-refractivity contribution in [2.75, 3.05) is 0 Å². The van der Waals surface area contributed by atoms with Crippen LogP contribution in [0.1, 0.15) is 24.9 Å². The van der Waals surface area contributed by atoms with E-state index in [9.17, 15) is 4.79 Å². The summed E-state index contributed by atoms with van der Waals surface area (Å²) in [7, 11) is 0. The lowest BCUT2D eigenvalue weighted by Gasteiger charge is -2.05. The third kappa shape index (κ3) is 3.62. The molecular formula is C10H16N2O2. The van der Waals surface area contributed by atoms with Crippen LogP contribution in [0.3, 0.4) is 0 Å². The Bertz CT molecular complexity index is 305. The number of hydrogen-bond acceptors (Lipinski definition) is 3. The van der Waals surface area contributed by atoms with Gasteiger partial charge in [-0.15, -0.1) is 0 Å². The summed E-state index contributed by atoms with van der Waals surface area (Å²) in [5.41, 5.74) is 5.48. The lowest BCUT2D eigenvalue weighted by atomic mass is 10.2. The fourth-order valence-electron chi connectivity index (χ4n) is 1.13. The van der Waals surface area contributed by atoms with Crippen molar-refractivity contribution in [3.05, 3.63) is 23.7 Å². The minimum absolute atomic E-state index is 0.0472. The molecule has 4 nitrogen and oxygen atoms in total. The van der Waals surface area contributed by atoms with Crippen LogP contribution in [-0.4, -0.2) is 11.9 Å². The molecule has 0 aromatic carbocycles. The summed E-state index contributed by atoms with van der Waals surface area (Å²) in [5.74, 6) is 1.57. The Morgan fingerprint density at radius 2 is 2.36 bits per heavy atom. The van der Waals surface area contributed by atoms with Gasteiger partial charge in [0, 0.05) is 12.5 Å². The van der Waals surface area contributed by atoms with Gasteiger partial charge in [0.05, 0.1) is 6.54 Å². The van der Waals surface area contributed by atoms with Crippen LogP contribution in [-0.2, 0) is 11.3 Å². The number of nitrogens with one attached hydrogen (secondary N) is 1. The van der Waals surface area contributed by atoms with E-state index >= 15 is 0 Å². The molecule has 0 aliphatic heterocycles. The molecule has 14 heavy (non-hydrogen) atoms. The normalized spacial score (nSPS) is 12.5. The Kier molecular flexibility index (Phi) is 3.71. The van der Waals surface area contributed by atoms with E-state index in [4.69, 9.17) is 10.2 Å². The number of carbonyl (C=O) groups excluding carboxylic acids is 1. The average molecular weight is 196 g/mol. The molecule has 1 aromatic heterocycles. The predicted octanol–water partition coefficient (Wildman–Crippen LogP) is 0.942. The van der Waals surface area contributed by atoms with Crippen molar-refractivity contribution >= 4 is 5.91 Å². The molecule has 1 heterocycles. The van der Waals surface area contributed by atoms with Crippen molar-refractivity contribution in [2.24, 2.45) is 5.73 Å². The smallest absolute Gasteiger partial charge is 0.221 e. The van der Waals surface area contributed by atoms with E-state index in [1.54, 1.807) is 6.92 Å². The number of aryl methyl sites for hydroxylation is 1. The molecule has 1 aromatic rings. The van der Waals surface area contributed by atoms with Gasteiger partial charge < -0.3 is 15.5 Å². The van der Waals surface area contributed by atoms with Crippen molar-refractivity contribution in [3.8, 4) is 0 Å². The van der Waals surface area contributed by atoms with Crippen LogP contribution < -0.4 is 11.1 Å². The molecule has 3 N–H and O–H groups in total. The highest BCUT2D eigenvalue weighted by Crippen LogP contribution is 2.05. The molecule has 1 rings (SSSR count). The van der Waals surface area contributed by atoms with Gasteiger partial charge in [-0.2, -0.15) is 0 Å². The first-order chi connectivity index (χ1) is 6.58. The van der Waals surface area contributed by atoms with Crippen LogP contribution in [0.5, 0.6) is 0 Å². The Labute approximate surface area is 83.5 Å². The average Bonchev–Trinajstić information content (AvgIpc) is 2.47.